The van der Waals surface area contributed by atoms with E-state index < -0.39 is 0 Å². The molecular formula is C31H22N2O2. The normalized spacial score (nSPS) is 24.5. The Morgan fingerprint density at radius 1 is 0.657 bits per heavy atom. The number of aromatic nitrogens is 1. The average molecular weight is 455 g/mol. The molecule has 1 aliphatic heterocycles. The molecule has 3 aliphatic rings. The number of hydrogen-bond acceptors (Lipinski definition) is 3. The highest BCUT2D eigenvalue weighted by Gasteiger charge is 2.62. The first-order chi connectivity index (χ1) is 17.2. The van der Waals surface area contributed by atoms with Gasteiger partial charge in [0.2, 0.25) is 11.8 Å². The highest BCUT2D eigenvalue weighted by Crippen LogP contribution is 2.59. The highest BCUT2D eigenvalue weighted by atomic mass is 16.2. The minimum Gasteiger partial charge on any atom is -0.274 e. The number of carbonyl (C=O) groups excluding carboxylic acids is 2. The van der Waals surface area contributed by atoms with Crippen LogP contribution < -0.4 is 4.90 Å². The molecule has 168 valence electrons. The number of imide groups is 1. The number of pyridine rings is 1. The van der Waals surface area contributed by atoms with Crippen LogP contribution in [0.2, 0.25) is 0 Å². The molecule has 2 fully saturated rings. The monoisotopic (exact) mass is 454 g/mol. The number of benzene rings is 3. The van der Waals surface area contributed by atoms with Gasteiger partial charge in [-0.2, -0.15) is 0 Å². The number of nitrogens with zero attached hydrogens (tertiary/aromatic N) is 2. The van der Waals surface area contributed by atoms with E-state index in [4.69, 9.17) is 0 Å². The van der Waals surface area contributed by atoms with Crippen LogP contribution in [0.3, 0.4) is 0 Å². The van der Waals surface area contributed by atoms with Crippen molar-refractivity contribution in [2.45, 2.75) is 0 Å². The van der Waals surface area contributed by atoms with Gasteiger partial charge in [0.15, 0.2) is 0 Å². The molecule has 2 bridgehead atoms. The Morgan fingerprint density at radius 2 is 1.23 bits per heavy atom. The third-order valence-electron chi connectivity index (χ3n) is 7.68. The van der Waals surface area contributed by atoms with Crippen LogP contribution in [0.25, 0.3) is 16.5 Å². The Labute approximate surface area is 203 Å². The number of carbonyl (C=O) groups is 2. The van der Waals surface area contributed by atoms with E-state index in [2.05, 4.69) is 41.4 Å². The first kappa shape index (κ1) is 20.1. The number of amides is 2. The molecule has 35 heavy (non-hydrogen) atoms. The van der Waals surface area contributed by atoms with Gasteiger partial charge in [0.05, 0.1) is 23.0 Å². The number of hydrogen-bond donors (Lipinski definition) is 0. The molecule has 7 rings (SSSR count). The molecule has 0 radical (unpaired) electrons. The lowest BCUT2D eigenvalue weighted by Crippen LogP contribution is -2.33. The summed E-state index contributed by atoms with van der Waals surface area (Å²) in [5.41, 5.74) is 5.82. The number of fused-ring (bicyclic) bond motifs is 6. The fourth-order valence-corrected chi connectivity index (χ4v) is 6.31. The summed E-state index contributed by atoms with van der Waals surface area (Å²) < 4.78 is 0. The molecule has 1 saturated heterocycles. The lowest BCUT2D eigenvalue weighted by Gasteiger charge is -2.22. The summed E-state index contributed by atoms with van der Waals surface area (Å²) in [6.07, 6.45) is 5.99. The summed E-state index contributed by atoms with van der Waals surface area (Å²) in [5.74, 6) is -1.18. The van der Waals surface area contributed by atoms with Gasteiger partial charge in [-0.15, -0.1) is 0 Å². The van der Waals surface area contributed by atoms with Gasteiger partial charge >= 0.3 is 0 Å². The maximum absolute atomic E-state index is 13.9. The Morgan fingerprint density at radius 3 is 1.83 bits per heavy atom. The standard InChI is InChI=1S/C31H22N2O2/c34-30-27-22-16-17-23(26(22)25(19-9-3-1-4-10-19)20-11-5-2-6-12-20)28(27)31(35)33(30)24-15-7-13-21-14-8-18-32-29(21)24/h1-18,22-23,27-28H/t22-,23+,27-,28+. The van der Waals surface area contributed by atoms with Gasteiger partial charge < -0.3 is 0 Å². The zero-order valence-corrected chi connectivity index (χ0v) is 18.9. The fraction of sp³-hybridized carbons (Fsp3) is 0.129. The van der Waals surface area contributed by atoms with E-state index >= 15 is 0 Å². The van der Waals surface area contributed by atoms with Gasteiger partial charge in [-0.3, -0.25) is 14.6 Å². The van der Waals surface area contributed by atoms with E-state index in [9.17, 15) is 9.59 Å². The summed E-state index contributed by atoms with van der Waals surface area (Å²) in [4.78, 5) is 33.7. The predicted octanol–water partition coefficient (Wildman–Crippen LogP) is 5.66. The molecule has 4 heteroatoms. The van der Waals surface area contributed by atoms with Crippen LogP contribution in [0.1, 0.15) is 11.1 Å². The largest absolute Gasteiger partial charge is 0.274 e. The van der Waals surface area contributed by atoms with E-state index in [-0.39, 0.29) is 35.5 Å². The topological polar surface area (TPSA) is 50.3 Å². The Bertz CT molecular complexity index is 1470. The zero-order valence-electron chi connectivity index (χ0n) is 18.9. The summed E-state index contributed by atoms with van der Waals surface area (Å²) in [6.45, 7) is 0. The van der Waals surface area contributed by atoms with Gasteiger partial charge in [0.25, 0.3) is 0 Å². The Hall–Kier alpha value is -4.31. The zero-order chi connectivity index (χ0) is 23.5. The fourth-order valence-electron chi connectivity index (χ4n) is 6.31. The van der Waals surface area contributed by atoms with Crippen molar-refractivity contribution in [3.63, 3.8) is 0 Å². The average Bonchev–Trinajstić information content (AvgIpc) is 3.54. The first-order valence-corrected chi connectivity index (χ1v) is 12.0. The highest BCUT2D eigenvalue weighted by molar-refractivity contribution is 6.25. The quantitative estimate of drug-likeness (QED) is 0.297. The van der Waals surface area contributed by atoms with Crippen LogP contribution in [0.5, 0.6) is 0 Å². The molecule has 2 aliphatic carbocycles. The minimum absolute atomic E-state index is 0.0928. The number of anilines is 1. The van der Waals surface area contributed by atoms with E-state index in [1.807, 2.05) is 66.7 Å². The van der Waals surface area contributed by atoms with Crippen LogP contribution in [-0.2, 0) is 9.59 Å². The Balaban J connectivity index is 1.38. The van der Waals surface area contributed by atoms with Crippen molar-refractivity contribution < 1.29 is 9.59 Å². The van der Waals surface area contributed by atoms with E-state index in [1.54, 1.807) is 6.20 Å². The molecule has 2 amide bonds. The predicted molar refractivity (Wildman–Crippen MR) is 136 cm³/mol. The summed E-state index contributed by atoms with van der Waals surface area (Å²) in [7, 11) is 0. The van der Waals surface area contributed by atoms with Gasteiger partial charge in [-0.1, -0.05) is 91.0 Å². The first-order valence-electron chi connectivity index (χ1n) is 12.0. The molecule has 0 spiro atoms. The van der Waals surface area contributed by atoms with Crippen molar-refractivity contribution in [3.8, 4) is 0 Å². The second kappa shape index (κ2) is 7.60. The summed E-state index contributed by atoms with van der Waals surface area (Å²) in [5, 5.41) is 0.916. The van der Waals surface area contributed by atoms with Gasteiger partial charge in [0.1, 0.15) is 0 Å². The smallest absolute Gasteiger partial charge is 0.238 e. The number of allylic oxidation sites excluding steroid dienone is 3. The van der Waals surface area contributed by atoms with Crippen molar-refractivity contribution in [1.29, 1.82) is 0 Å². The lowest BCUT2D eigenvalue weighted by atomic mass is 9.85. The van der Waals surface area contributed by atoms with Crippen molar-refractivity contribution in [2.24, 2.45) is 23.7 Å². The molecule has 2 heterocycles. The van der Waals surface area contributed by atoms with Gasteiger partial charge in [-0.05, 0) is 34.4 Å². The second-order valence-electron chi connectivity index (χ2n) is 9.41. The molecule has 0 unspecified atom stereocenters. The molecule has 0 N–H and O–H groups in total. The maximum Gasteiger partial charge on any atom is 0.238 e. The molecule has 3 aromatic carbocycles. The van der Waals surface area contributed by atoms with Crippen LogP contribution in [-0.4, -0.2) is 16.8 Å². The van der Waals surface area contributed by atoms with Crippen molar-refractivity contribution in [1.82, 2.24) is 4.98 Å². The third-order valence-corrected chi connectivity index (χ3v) is 7.68. The van der Waals surface area contributed by atoms with Crippen molar-refractivity contribution in [3.05, 3.63) is 126 Å². The molecule has 4 nitrogen and oxygen atoms in total. The third kappa shape index (κ3) is 2.83. The molecular weight excluding hydrogens is 432 g/mol. The van der Waals surface area contributed by atoms with Crippen LogP contribution in [0, 0.1) is 23.7 Å². The van der Waals surface area contributed by atoms with Crippen LogP contribution in [0.15, 0.2) is 115 Å². The van der Waals surface area contributed by atoms with Crippen LogP contribution >= 0.6 is 0 Å². The number of rotatable bonds is 3. The molecule has 4 aromatic rings. The van der Waals surface area contributed by atoms with Crippen LogP contribution in [0.4, 0.5) is 5.69 Å². The maximum atomic E-state index is 13.9. The van der Waals surface area contributed by atoms with E-state index in [0.717, 1.165) is 22.1 Å². The van der Waals surface area contributed by atoms with Crippen molar-refractivity contribution >= 4 is 34.0 Å². The summed E-state index contributed by atoms with van der Waals surface area (Å²) in [6, 6.07) is 30.1. The molecule has 1 aromatic heterocycles. The van der Waals surface area contributed by atoms with E-state index in [1.165, 1.54) is 10.5 Å². The van der Waals surface area contributed by atoms with Gasteiger partial charge in [-0.25, -0.2) is 4.90 Å². The lowest BCUT2D eigenvalue weighted by molar-refractivity contribution is -0.122. The Kier molecular flexibility index (Phi) is 4.37. The number of para-hydroxylation sites is 1. The minimum atomic E-state index is -0.381. The van der Waals surface area contributed by atoms with Crippen molar-refractivity contribution in [2.75, 3.05) is 4.90 Å². The molecule has 1 saturated carbocycles. The SMILES string of the molecule is O=C1[C@@H]2[C@H](C(=O)N1c1cccc3cccnc13)[C@@H]1C=C[C@H]2C1=C(c1ccccc1)c1ccccc1. The van der Waals surface area contributed by atoms with E-state index in [0.29, 0.717) is 11.2 Å². The molecule has 4 atom stereocenters. The summed E-state index contributed by atoms with van der Waals surface area (Å²) >= 11 is 0. The van der Waals surface area contributed by atoms with Gasteiger partial charge in [0, 0.05) is 23.4 Å². The second-order valence-corrected chi connectivity index (χ2v) is 9.41.